The van der Waals surface area contributed by atoms with E-state index < -0.39 is 5.72 Å². The zero-order valence-electron chi connectivity index (χ0n) is 13.5. The van der Waals surface area contributed by atoms with Crippen molar-refractivity contribution in [3.8, 4) is 0 Å². The molecule has 4 heteroatoms. The van der Waals surface area contributed by atoms with Crippen molar-refractivity contribution in [2.24, 2.45) is 5.16 Å². The Bertz CT molecular complexity index is 797. The summed E-state index contributed by atoms with van der Waals surface area (Å²) in [4.78, 5) is 8.36. The molecule has 2 heterocycles. The van der Waals surface area contributed by atoms with Gasteiger partial charge in [0.25, 0.3) is 0 Å². The van der Waals surface area contributed by atoms with Gasteiger partial charge in [0.05, 0.1) is 17.5 Å². The SMILES string of the molecule is CN1c2ccccc2C(C)(C)C12CC(c1ccc(Br)cc1)=NO2. The molecule has 1 spiro atoms. The number of nitrogens with zero attached hydrogens (tertiary/aromatic N) is 2. The maximum Gasteiger partial charge on any atom is 0.224 e. The van der Waals surface area contributed by atoms with Crippen LogP contribution in [-0.4, -0.2) is 18.5 Å². The van der Waals surface area contributed by atoms with Gasteiger partial charge >= 0.3 is 0 Å². The van der Waals surface area contributed by atoms with Gasteiger partial charge in [-0.3, -0.25) is 0 Å². The molecule has 0 N–H and O–H groups in total. The minimum absolute atomic E-state index is 0.140. The molecular weight excluding hydrogens is 352 g/mol. The average molecular weight is 371 g/mol. The summed E-state index contributed by atoms with van der Waals surface area (Å²) < 4.78 is 1.07. The molecule has 2 aliphatic rings. The third-order valence-electron chi connectivity index (χ3n) is 5.35. The van der Waals surface area contributed by atoms with Gasteiger partial charge in [-0.2, -0.15) is 0 Å². The number of likely N-dealkylation sites (N-methyl/N-ethyl adjacent to an activating group) is 1. The van der Waals surface area contributed by atoms with Crippen LogP contribution in [0.4, 0.5) is 5.69 Å². The molecule has 0 aromatic heterocycles. The number of hydrogen-bond donors (Lipinski definition) is 0. The van der Waals surface area contributed by atoms with E-state index in [4.69, 9.17) is 4.84 Å². The fraction of sp³-hybridized carbons (Fsp3) is 0.316. The lowest BCUT2D eigenvalue weighted by molar-refractivity contribution is -0.0591. The van der Waals surface area contributed by atoms with Gasteiger partial charge in [-0.05, 0) is 43.2 Å². The molecule has 23 heavy (non-hydrogen) atoms. The first-order valence-electron chi connectivity index (χ1n) is 7.80. The van der Waals surface area contributed by atoms with Crippen molar-refractivity contribution in [1.82, 2.24) is 0 Å². The number of anilines is 1. The molecule has 2 aromatic rings. The summed E-state index contributed by atoms with van der Waals surface area (Å²) in [5.41, 5.74) is 4.06. The van der Waals surface area contributed by atoms with E-state index in [9.17, 15) is 0 Å². The van der Waals surface area contributed by atoms with E-state index in [1.165, 1.54) is 11.3 Å². The van der Waals surface area contributed by atoms with Crippen molar-refractivity contribution in [1.29, 1.82) is 0 Å². The van der Waals surface area contributed by atoms with Crippen LogP contribution in [0.1, 0.15) is 31.4 Å². The van der Waals surface area contributed by atoms with Crippen LogP contribution in [0, 0.1) is 0 Å². The molecular formula is C19H19BrN2O. The van der Waals surface area contributed by atoms with Gasteiger partial charge in [-0.25, -0.2) is 0 Å². The largest absolute Gasteiger partial charge is 0.366 e. The summed E-state index contributed by atoms with van der Waals surface area (Å²) in [6.07, 6.45) is 0.771. The van der Waals surface area contributed by atoms with Crippen LogP contribution in [0.25, 0.3) is 0 Å². The zero-order chi connectivity index (χ0) is 16.2. The number of rotatable bonds is 1. The van der Waals surface area contributed by atoms with Crippen molar-refractivity contribution in [3.05, 3.63) is 64.1 Å². The van der Waals surface area contributed by atoms with E-state index in [1.807, 2.05) is 12.1 Å². The summed E-state index contributed by atoms with van der Waals surface area (Å²) in [6, 6.07) is 16.8. The number of oxime groups is 1. The summed E-state index contributed by atoms with van der Waals surface area (Å²) in [5, 5.41) is 4.46. The Morgan fingerprint density at radius 3 is 2.48 bits per heavy atom. The normalized spacial score (nSPS) is 24.5. The number of fused-ring (bicyclic) bond motifs is 1. The Morgan fingerprint density at radius 2 is 1.78 bits per heavy atom. The van der Waals surface area contributed by atoms with Crippen molar-refractivity contribution in [3.63, 3.8) is 0 Å². The van der Waals surface area contributed by atoms with Crippen LogP contribution in [0.5, 0.6) is 0 Å². The lowest BCUT2D eigenvalue weighted by Crippen LogP contribution is -2.54. The Kier molecular flexibility index (Phi) is 3.11. The Balaban J connectivity index is 1.73. The monoisotopic (exact) mass is 370 g/mol. The molecule has 0 aliphatic carbocycles. The Morgan fingerprint density at radius 1 is 1.09 bits per heavy atom. The van der Waals surface area contributed by atoms with Gasteiger partial charge < -0.3 is 9.74 Å². The first kappa shape index (κ1) is 14.8. The standard InChI is InChI=1S/C19H19BrN2O/c1-18(2)15-6-4-5-7-17(15)22(3)19(18)12-16(21-23-19)13-8-10-14(20)11-9-13/h4-11H,12H2,1-3H3. The molecule has 0 bridgehead atoms. The highest BCUT2D eigenvalue weighted by atomic mass is 79.9. The van der Waals surface area contributed by atoms with Gasteiger partial charge in [0.1, 0.15) is 0 Å². The summed E-state index contributed by atoms with van der Waals surface area (Å²) in [6.45, 7) is 4.49. The van der Waals surface area contributed by atoms with Crippen LogP contribution in [0.15, 0.2) is 58.2 Å². The predicted octanol–water partition coefficient (Wildman–Crippen LogP) is 4.70. The van der Waals surface area contributed by atoms with Gasteiger partial charge in [0, 0.05) is 17.2 Å². The van der Waals surface area contributed by atoms with Crippen molar-refractivity contribution in [2.75, 3.05) is 11.9 Å². The molecule has 0 fully saturated rings. The van der Waals surface area contributed by atoms with E-state index >= 15 is 0 Å². The minimum Gasteiger partial charge on any atom is -0.366 e. The Hall–Kier alpha value is -1.81. The van der Waals surface area contributed by atoms with Crippen molar-refractivity contribution in [2.45, 2.75) is 31.4 Å². The lowest BCUT2D eigenvalue weighted by Gasteiger charge is -2.40. The zero-order valence-corrected chi connectivity index (χ0v) is 15.1. The van der Waals surface area contributed by atoms with Gasteiger partial charge in [0.15, 0.2) is 0 Å². The molecule has 0 saturated carbocycles. The summed E-state index contributed by atoms with van der Waals surface area (Å²) in [5.74, 6) is 0. The summed E-state index contributed by atoms with van der Waals surface area (Å²) >= 11 is 3.48. The maximum absolute atomic E-state index is 6.11. The van der Waals surface area contributed by atoms with Crippen molar-refractivity contribution < 1.29 is 4.84 Å². The fourth-order valence-electron chi connectivity index (χ4n) is 3.85. The number of hydrogen-bond acceptors (Lipinski definition) is 3. The number of halogens is 1. The van der Waals surface area contributed by atoms with Crippen LogP contribution in [0.3, 0.4) is 0 Å². The molecule has 2 aromatic carbocycles. The molecule has 0 saturated heterocycles. The first-order valence-corrected chi connectivity index (χ1v) is 8.59. The van der Waals surface area contributed by atoms with E-state index in [1.54, 1.807) is 0 Å². The summed E-state index contributed by atoms with van der Waals surface area (Å²) in [7, 11) is 2.10. The molecule has 0 amide bonds. The number of benzene rings is 2. The molecule has 1 unspecified atom stereocenters. The van der Waals surface area contributed by atoms with E-state index in [0.717, 1.165) is 22.2 Å². The van der Waals surface area contributed by atoms with Crippen LogP contribution < -0.4 is 4.90 Å². The van der Waals surface area contributed by atoms with Gasteiger partial charge in [-0.15, -0.1) is 0 Å². The number of para-hydroxylation sites is 1. The second-order valence-corrected chi connectivity index (χ2v) is 7.71. The van der Waals surface area contributed by atoms with Crippen LogP contribution in [-0.2, 0) is 10.3 Å². The van der Waals surface area contributed by atoms with Gasteiger partial charge in [0.2, 0.25) is 5.72 Å². The molecule has 2 aliphatic heterocycles. The van der Waals surface area contributed by atoms with Crippen LogP contribution in [0.2, 0.25) is 0 Å². The average Bonchev–Trinajstić information content (AvgIpc) is 3.07. The topological polar surface area (TPSA) is 24.8 Å². The second-order valence-electron chi connectivity index (χ2n) is 6.80. The van der Waals surface area contributed by atoms with E-state index in [-0.39, 0.29) is 5.41 Å². The second kappa shape index (κ2) is 4.84. The quantitative estimate of drug-likeness (QED) is 0.726. The van der Waals surface area contributed by atoms with Crippen LogP contribution >= 0.6 is 15.9 Å². The first-order chi connectivity index (χ1) is 11.0. The molecule has 0 radical (unpaired) electrons. The minimum atomic E-state index is -0.459. The van der Waals surface area contributed by atoms with E-state index in [0.29, 0.717) is 0 Å². The fourth-order valence-corrected chi connectivity index (χ4v) is 4.12. The molecule has 3 nitrogen and oxygen atoms in total. The molecule has 1 atom stereocenters. The molecule has 4 rings (SSSR count). The highest BCUT2D eigenvalue weighted by Gasteiger charge is 2.61. The smallest absolute Gasteiger partial charge is 0.224 e. The van der Waals surface area contributed by atoms with Gasteiger partial charge in [-0.1, -0.05) is 51.4 Å². The lowest BCUT2D eigenvalue weighted by atomic mass is 9.75. The third kappa shape index (κ3) is 1.91. The highest BCUT2D eigenvalue weighted by molar-refractivity contribution is 9.10. The highest BCUT2D eigenvalue weighted by Crippen LogP contribution is 2.55. The third-order valence-corrected chi connectivity index (χ3v) is 5.88. The van der Waals surface area contributed by atoms with E-state index in [2.05, 4.69) is 83.3 Å². The molecule has 118 valence electrons. The Labute approximate surface area is 145 Å². The van der Waals surface area contributed by atoms with Crippen molar-refractivity contribution >= 4 is 27.3 Å². The maximum atomic E-state index is 6.11. The predicted molar refractivity (Wildman–Crippen MR) is 97.0 cm³/mol.